The zero-order chi connectivity index (χ0) is 17.8. The van der Waals surface area contributed by atoms with E-state index in [0.717, 1.165) is 11.3 Å². The van der Waals surface area contributed by atoms with Gasteiger partial charge in [-0.25, -0.2) is 0 Å². The molecule has 134 valence electrons. The molecule has 1 aromatic heterocycles. The molecular formula is C18H23N3O4. The fraction of sp³-hybridized carbons (Fsp3) is 0.500. The number of nitrogens with zero attached hydrogens (tertiary/aromatic N) is 3. The van der Waals surface area contributed by atoms with Crippen molar-refractivity contribution >= 4 is 5.91 Å². The Morgan fingerprint density at radius 3 is 2.96 bits per heavy atom. The topological polar surface area (TPSA) is 77.7 Å². The number of carbonyl (C=O) groups excluding carboxylic acids is 1. The predicted molar refractivity (Wildman–Crippen MR) is 90.2 cm³/mol. The molecule has 2 atom stereocenters. The van der Waals surface area contributed by atoms with Crippen LogP contribution in [0.15, 0.2) is 28.8 Å². The molecule has 1 amide bonds. The average molecular weight is 345 g/mol. The van der Waals surface area contributed by atoms with Crippen molar-refractivity contribution in [2.45, 2.75) is 39.3 Å². The molecule has 1 aromatic carbocycles. The third-order valence-electron chi connectivity index (χ3n) is 4.18. The van der Waals surface area contributed by atoms with Crippen LogP contribution in [0.5, 0.6) is 5.75 Å². The van der Waals surface area contributed by atoms with Crippen LogP contribution in [0.4, 0.5) is 0 Å². The zero-order valence-electron chi connectivity index (χ0n) is 14.8. The van der Waals surface area contributed by atoms with Gasteiger partial charge in [-0.05, 0) is 38.5 Å². The maximum atomic E-state index is 12.7. The van der Waals surface area contributed by atoms with Crippen LogP contribution in [0, 0.1) is 13.8 Å². The summed E-state index contributed by atoms with van der Waals surface area (Å²) in [5.74, 6) is 1.72. The molecule has 0 saturated carbocycles. The molecule has 1 fully saturated rings. The normalized spacial score (nSPS) is 20.5. The Morgan fingerprint density at radius 2 is 2.24 bits per heavy atom. The van der Waals surface area contributed by atoms with Crippen molar-refractivity contribution in [2.24, 2.45) is 0 Å². The Kier molecular flexibility index (Phi) is 5.33. The molecule has 0 aliphatic carbocycles. The highest BCUT2D eigenvalue weighted by molar-refractivity contribution is 5.77. The summed E-state index contributed by atoms with van der Waals surface area (Å²) in [7, 11) is 0. The molecule has 7 heteroatoms. The Labute approximate surface area is 146 Å². The summed E-state index contributed by atoms with van der Waals surface area (Å²) in [6, 6.07) is 7.42. The quantitative estimate of drug-likeness (QED) is 0.828. The molecule has 0 spiro atoms. The first-order chi connectivity index (χ1) is 12.0. The zero-order valence-corrected chi connectivity index (χ0v) is 14.8. The fourth-order valence-electron chi connectivity index (χ4n) is 2.97. The van der Waals surface area contributed by atoms with Gasteiger partial charge in [0.1, 0.15) is 11.8 Å². The van der Waals surface area contributed by atoms with E-state index in [9.17, 15) is 4.79 Å². The first-order valence-electron chi connectivity index (χ1n) is 8.45. The van der Waals surface area contributed by atoms with Crippen LogP contribution in [-0.2, 0) is 9.53 Å². The lowest BCUT2D eigenvalue weighted by molar-refractivity contribution is -0.148. The van der Waals surface area contributed by atoms with E-state index >= 15 is 0 Å². The molecule has 0 bridgehead atoms. The number of rotatable bonds is 5. The Balaban J connectivity index is 1.62. The molecule has 3 rings (SSSR count). The van der Waals surface area contributed by atoms with Gasteiger partial charge < -0.3 is 18.9 Å². The van der Waals surface area contributed by atoms with E-state index in [-0.39, 0.29) is 24.5 Å². The number of morpholine rings is 1. The van der Waals surface area contributed by atoms with E-state index in [1.807, 2.05) is 38.1 Å². The van der Waals surface area contributed by atoms with Crippen LogP contribution in [0.1, 0.15) is 36.7 Å². The van der Waals surface area contributed by atoms with Crippen molar-refractivity contribution in [3.05, 3.63) is 41.5 Å². The summed E-state index contributed by atoms with van der Waals surface area (Å²) < 4.78 is 16.6. The van der Waals surface area contributed by atoms with Gasteiger partial charge in [0.2, 0.25) is 5.91 Å². The standard InChI is InChI=1S/C18H23N3O4/c1-12-5-4-6-15(11-12)24-9-7-16(22)21-8-10-23-13(2)17(21)18-19-14(3)20-25-18/h4-6,11,13,17H,7-10H2,1-3H3/t13-,17+/m1/s1. The largest absolute Gasteiger partial charge is 0.493 e. The fourth-order valence-corrected chi connectivity index (χ4v) is 2.97. The highest BCUT2D eigenvalue weighted by atomic mass is 16.5. The smallest absolute Gasteiger partial charge is 0.252 e. The molecule has 25 heavy (non-hydrogen) atoms. The number of carbonyl (C=O) groups is 1. The SMILES string of the molecule is Cc1cccc(OCCC(=O)N2CCO[C@H](C)[C@H]2c2nc(C)no2)c1. The van der Waals surface area contributed by atoms with Gasteiger partial charge in [-0.1, -0.05) is 17.3 Å². The molecule has 1 aliphatic rings. The minimum atomic E-state index is -0.360. The monoisotopic (exact) mass is 345 g/mol. The first kappa shape index (κ1) is 17.4. The number of aryl methyl sites for hydroxylation is 2. The average Bonchev–Trinajstić information content (AvgIpc) is 3.00. The van der Waals surface area contributed by atoms with E-state index in [0.29, 0.717) is 31.5 Å². The molecule has 7 nitrogen and oxygen atoms in total. The molecule has 1 saturated heterocycles. The Bertz CT molecular complexity index is 731. The van der Waals surface area contributed by atoms with E-state index in [4.69, 9.17) is 14.0 Å². The van der Waals surface area contributed by atoms with Crippen molar-refractivity contribution in [3.63, 3.8) is 0 Å². The van der Waals surface area contributed by atoms with E-state index in [1.54, 1.807) is 11.8 Å². The van der Waals surface area contributed by atoms with Crippen molar-refractivity contribution in [3.8, 4) is 5.75 Å². The maximum absolute atomic E-state index is 12.7. The minimum absolute atomic E-state index is 0.0105. The lowest BCUT2D eigenvalue weighted by Gasteiger charge is -2.37. The third kappa shape index (κ3) is 4.17. The highest BCUT2D eigenvalue weighted by Gasteiger charge is 2.37. The summed E-state index contributed by atoms with van der Waals surface area (Å²) in [4.78, 5) is 18.7. The van der Waals surface area contributed by atoms with Crippen LogP contribution < -0.4 is 4.74 Å². The van der Waals surface area contributed by atoms with Gasteiger partial charge in [0.25, 0.3) is 5.89 Å². The number of ether oxygens (including phenoxy) is 2. The van der Waals surface area contributed by atoms with Crippen LogP contribution in [0.3, 0.4) is 0 Å². The first-order valence-corrected chi connectivity index (χ1v) is 8.45. The van der Waals surface area contributed by atoms with Gasteiger partial charge in [-0.2, -0.15) is 4.98 Å². The second-order valence-corrected chi connectivity index (χ2v) is 6.20. The predicted octanol–water partition coefficient (Wildman–Crippen LogP) is 2.44. The van der Waals surface area contributed by atoms with E-state index in [2.05, 4.69) is 10.1 Å². The van der Waals surface area contributed by atoms with E-state index < -0.39 is 0 Å². The van der Waals surface area contributed by atoms with Crippen molar-refractivity contribution < 1.29 is 18.8 Å². The second kappa shape index (κ2) is 7.65. The van der Waals surface area contributed by atoms with Gasteiger partial charge in [0, 0.05) is 6.54 Å². The number of hydrogen-bond acceptors (Lipinski definition) is 6. The highest BCUT2D eigenvalue weighted by Crippen LogP contribution is 2.29. The second-order valence-electron chi connectivity index (χ2n) is 6.20. The molecule has 1 aliphatic heterocycles. The third-order valence-corrected chi connectivity index (χ3v) is 4.18. The lowest BCUT2D eigenvalue weighted by Crippen LogP contribution is -2.47. The lowest BCUT2D eigenvalue weighted by atomic mass is 10.1. The molecule has 0 unspecified atom stereocenters. The van der Waals surface area contributed by atoms with Crippen molar-refractivity contribution in [2.75, 3.05) is 19.8 Å². The Hall–Kier alpha value is -2.41. The van der Waals surface area contributed by atoms with Gasteiger partial charge in [0.05, 0.1) is 25.7 Å². The number of benzene rings is 1. The Morgan fingerprint density at radius 1 is 1.40 bits per heavy atom. The van der Waals surface area contributed by atoms with Crippen molar-refractivity contribution in [1.29, 1.82) is 0 Å². The molecule has 2 aromatic rings. The van der Waals surface area contributed by atoms with Gasteiger partial charge in [-0.3, -0.25) is 4.79 Å². The van der Waals surface area contributed by atoms with Gasteiger partial charge >= 0.3 is 0 Å². The van der Waals surface area contributed by atoms with Crippen LogP contribution >= 0.6 is 0 Å². The van der Waals surface area contributed by atoms with Crippen LogP contribution in [0.25, 0.3) is 0 Å². The molecular weight excluding hydrogens is 322 g/mol. The number of hydrogen-bond donors (Lipinski definition) is 0. The minimum Gasteiger partial charge on any atom is -0.493 e. The van der Waals surface area contributed by atoms with Gasteiger partial charge in [0.15, 0.2) is 5.82 Å². The summed E-state index contributed by atoms with van der Waals surface area (Å²) in [6.07, 6.45) is 0.0832. The van der Waals surface area contributed by atoms with E-state index in [1.165, 1.54) is 0 Å². The maximum Gasteiger partial charge on any atom is 0.252 e. The molecule has 2 heterocycles. The summed E-state index contributed by atoms with van der Waals surface area (Å²) in [6.45, 7) is 6.98. The number of aromatic nitrogens is 2. The van der Waals surface area contributed by atoms with Gasteiger partial charge in [-0.15, -0.1) is 0 Å². The summed E-state index contributed by atoms with van der Waals surface area (Å²) in [5.41, 5.74) is 1.12. The molecule has 0 N–H and O–H groups in total. The summed E-state index contributed by atoms with van der Waals surface area (Å²) in [5, 5.41) is 3.83. The van der Waals surface area contributed by atoms with Crippen molar-refractivity contribution in [1.82, 2.24) is 15.0 Å². The number of amides is 1. The van der Waals surface area contributed by atoms with Crippen LogP contribution in [-0.4, -0.2) is 46.8 Å². The molecule has 0 radical (unpaired) electrons. The van der Waals surface area contributed by atoms with Crippen LogP contribution in [0.2, 0.25) is 0 Å². The summed E-state index contributed by atoms with van der Waals surface area (Å²) >= 11 is 0.